The summed E-state index contributed by atoms with van der Waals surface area (Å²) in [6, 6.07) is 9.64. The fourth-order valence-electron chi connectivity index (χ4n) is 2.34. The monoisotopic (exact) mass is 303 g/mol. The largest absolute Gasteiger partial charge is 0.459 e. The second-order valence-corrected chi connectivity index (χ2v) is 7.01. The van der Waals surface area contributed by atoms with Crippen LogP contribution in [-0.4, -0.2) is 11.7 Å². The molecule has 1 N–H and O–H groups in total. The SMILES string of the molecule is CC(C)C[C@H](NC(=O)OC(C)(C)C)c1cc2ccccc2o1. The summed E-state index contributed by atoms with van der Waals surface area (Å²) in [6.45, 7) is 9.79. The highest BCUT2D eigenvalue weighted by atomic mass is 16.6. The number of amides is 1. The summed E-state index contributed by atoms with van der Waals surface area (Å²) in [5, 5.41) is 3.97. The van der Waals surface area contributed by atoms with Crippen LogP contribution in [0.15, 0.2) is 34.7 Å². The van der Waals surface area contributed by atoms with Crippen molar-refractivity contribution in [2.45, 2.75) is 52.7 Å². The Bertz CT molecular complexity index is 604. The summed E-state index contributed by atoms with van der Waals surface area (Å²) in [5.41, 5.74) is 0.317. The zero-order valence-corrected chi connectivity index (χ0v) is 14.0. The Morgan fingerprint density at radius 3 is 2.55 bits per heavy atom. The van der Waals surface area contributed by atoms with Gasteiger partial charge < -0.3 is 14.5 Å². The summed E-state index contributed by atoms with van der Waals surface area (Å²) in [4.78, 5) is 12.1. The average molecular weight is 303 g/mol. The van der Waals surface area contributed by atoms with E-state index in [-0.39, 0.29) is 6.04 Å². The third-order valence-electron chi connectivity index (χ3n) is 3.19. The van der Waals surface area contributed by atoms with Gasteiger partial charge in [0.2, 0.25) is 0 Å². The van der Waals surface area contributed by atoms with Crippen molar-refractivity contribution in [2.75, 3.05) is 0 Å². The van der Waals surface area contributed by atoms with Crippen molar-refractivity contribution in [1.82, 2.24) is 5.32 Å². The van der Waals surface area contributed by atoms with E-state index in [9.17, 15) is 4.79 Å². The Morgan fingerprint density at radius 1 is 1.27 bits per heavy atom. The molecule has 4 nitrogen and oxygen atoms in total. The molecule has 1 atom stereocenters. The van der Waals surface area contributed by atoms with Crippen molar-refractivity contribution in [3.63, 3.8) is 0 Å². The zero-order valence-electron chi connectivity index (χ0n) is 14.0. The number of ether oxygens (including phenoxy) is 1. The van der Waals surface area contributed by atoms with Gasteiger partial charge in [0.1, 0.15) is 16.9 Å². The number of carbonyl (C=O) groups is 1. The van der Waals surface area contributed by atoms with E-state index in [4.69, 9.17) is 9.15 Å². The summed E-state index contributed by atoms with van der Waals surface area (Å²) in [5.74, 6) is 1.19. The maximum atomic E-state index is 12.1. The van der Waals surface area contributed by atoms with Crippen LogP contribution in [-0.2, 0) is 4.74 Å². The van der Waals surface area contributed by atoms with Crippen LogP contribution in [0.2, 0.25) is 0 Å². The molecule has 2 aromatic rings. The third kappa shape index (κ3) is 4.52. The lowest BCUT2D eigenvalue weighted by atomic mass is 10.0. The first kappa shape index (κ1) is 16.4. The molecule has 1 aromatic carbocycles. The molecular weight excluding hydrogens is 278 g/mol. The van der Waals surface area contributed by atoms with E-state index < -0.39 is 11.7 Å². The van der Waals surface area contributed by atoms with E-state index in [0.717, 1.165) is 23.2 Å². The highest BCUT2D eigenvalue weighted by Gasteiger charge is 2.23. The van der Waals surface area contributed by atoms with Crippen molar-refractivity contribution in [1.29, 1.82) is 0 Å². The molecule has 1 aromatic heterocycles. The molecule has 4 heteroatoms. The number of furan rings is 1. The lowest BCUT2D eigenvalue weighted by Crippen LogP contribution is -2.35. The van der Waals surface area contributed by atoms with E-state index in [1.807, 2.05) is 51.1 Å². The minimum atomic E-state index is -0.514. The Morgan fingerprint density at radius 2 is 1.95 bits per heavy atom. The van der Waals surface area contributed by atoms with Gasteiger partial charge in [0, 0.05) is 5.39 Å². The molecule has 0 fully saturated rings. The smallest absolute Gasteiger partial charge is 0.408 e. The van der Waals surface area contributed by atoms with E-state index in [1.54, 1.807) is 0 Å². The molecule has 0 saturated carbocycles. The molecule has 0 spiro atoms. The van der Waals surface area contributed by atoms with Crippen molar-refractivity contribution in [2.24, 2.45) is 5.92 Å². The van der Waals surface area contributed by atoms with Gasteiger partial charge in [-0.2, -0.15) is 0 Å². The maximum Gasteiger partial charge on any atom is 0.408 e. The predicted molar refractivity (Wildman–Crippen MR) is 87.8 cm³/mol. The zero-order chi connectivity index (χ0) is 16.3. The molecule has 22 heavy (non-hydrogen) atoms. The predicted octanol–water partition coefficient (Wildman–Crippen LogP) is 5.04. The van der Waals surface area contributed by atoms with Crippen molar-refractivity contribution >= 4 is 17.1 Å². The topological polar surface area (TPSA) is 51.5 Å². The molecule has 1 amide bonds. The first-order valence-corrected chi connectivity index (χ1v) is 7.72. The van der Waals surface area contributed by atoms with Crippen LogP contribution in [0, 0.1) is 5.92 Å². The molecule has 2 rings (SSSR count). The molecule has 0 aliphatic heterocycles. The molecular formula is C18H25NO3. The molecule has 0 radical (unpaired) electrons. The van der Waals surface area contributed by atoms with Crippen LogP contribution in [0.5, 0.6) is 0 Å². The van der Waals surface area contributed by atoms with E-state index in [0.29, 0.717) is 5.92 Å². The number of fused-ring (bicyclic) bond motifs is 1. The van der Waals surface area contributed by atoms with Crippen molar-refractivity contribution in [3.05, 3.63) is 36.1 Å². The summed E-state index contributed by atoms with van der Waals surface area (Å²) >= 11 is 0. The molecule has 120 valence electrons. The van der Waals surface area contributed by atoms with Crippen LogP contribution in [0.25, 0.3) is 11.0 Å². The Balaban J connectivity index is 2.20. The van der Waals surface area contributed by atoms with Gasteiger partial charge in [0.05, 0.1) is 6.04 Å². The van der Waals surface area contributed by atoms with E-state index in [2.05, 4.69) is 19.2 Å². The lowest BCUT2D eigenvalue weighted by Gasteiger charge is -2.23. The minimum absolute atomic E-state index is 0.192. The Labute approximate surface area is 131 Å². The summed E-state index contributed by atoms with van der Waals surface area (Å²) in [6.07, 6.45) is 0.373. The average Bonchev–Trinajstić information content (AvgIpc) is 2.78. The molecule has 0 saturated heterocycles. The second-order valence-electron chi connectivity index (χ2n) is 7.01. The van der Waals surface area contributed by atoms with Crippen LogP contribution in [0.3, 0.4) is 0 Å². The van der Waals surface area contributed by atoms with E-state index >= 15 is 0 Å². The molecule has 1 heterocycles. The van der Waals surface area contributed by atoms with Crippen LogP contribution in [0.4, 0.5) is 4.79 Å². The number of benzene rings is 1. The molecule has 0 bridgehead atoms. The van der Waals surface area contributed by atoms with E-state index in [1.165, 1.54) is 0 Å². The summed E-state index contributed by atoms with van der Waals surface area (Å²) in [7, 11) is 0. The number of hydrogen-bond acceptors (Lipinski definition) is 3. The van der Waals surface area contributed by atoms with Gasteiger partial charge in [0.15, 0.2) is 0 Å². The van der Waals surface area contributed by atoms with Crippen LogP contribution in [0.1, 0.15) is 52.8 Å². The number of hydrogen-bond donors (Lipinski definition) is 1. The summed E-state index contributed by atoms with van der Waals surface area (Å²) < 4.78 is 11.2. The second kappa shape index (κ2) is 6.42. The first-order chi connectivity index (χ1) is 10.2. The van der Waals surface area contributed by atoms with Gasteiger partial charge in [-0.05, 0) is 45.2 Å². The minimum Gasteiger partial charge on any atom is -0.459 e. The van der Waals surface area contributed by atoms with Gasteiger partial charge in [-0.3, -0.25) is 0 Å². The highest BCUT2D eigenvalue weighted by molar-refractivity contribution is 5.78. The lowest BCUT2D eigenvalue weighted by molar-refractivity contribution is 0.0491. The van der Waals surface area contributed by atoms with Gasteiger partial charge in [-0.15, -0.1) is 0 Å². The quantitative estimate of drug-likeness (QED) is 0.860. The molecule has 0 aliphatic rings. The number of carbonyl (C=O) groups excluding carboxylic acids is 1. The third-order valence-corrected chi connectivity index (χ3v) is 3.19. The number of para-hydroxylation sites is 1. The number of alkyl carbamates (subject to hydrolysis) is 1. The standard InChI is InChI=1S/C18H25NO3/c1-12(2)10-14(19-17(20)22-18(3,4)5)16-11-13-8-6-7-9-15(13)21-16/h6-9,11-12,14H,10H2,1-5H3,(H,19,20)/t14-/m0/s1. The van der Waals surface area contributed by atoms with Crippen LogP contribution < -0.4 is 5.32 Å². The van der Waals surface area contributed by atoms with Gasteiger partial charge in [-0.25, -0.2) is 4.79 Å². The van der Waals surface area contributed by atoms with Crippen molar-refractivity contribution in [3.8, 4) is 0 Å². The van der Waals surface area contributed by atoms with Gasteiger partial charge in [0.25, 0.3) is 0 Å². The fourth-order valence-corrected chi connectivity index (χ4v) is 2.34. The van der Waals surface area contributed by atoms with Gasteiger partial charge >= 0.3 is 6.09 Å². The molecule has 0 unspecified atom stereocenters. The Hall–Kier alpha value is -1.97. The number of nitrogens with one attached hydrogen (secondary N) is 1. The number of rotatable bonds is 4. The normalized spacial score (nSPS) is 13.4. The maximum absolute atomic E-state index is 12.1. The van der Waals surface area contributed by atoms with Crippen molar-refractivity contribution < 1.29 is 13.9 Å². The highest BCUT2D eigenvalue weighted by Crippen LogP contribution is 2.28. The first-order valence-electron chi connectivity index (χ1n) is 7.72. The molecule has 0 aliphatic carbocycles. The van der Waals surface area contributed by atoms with Gasteiger partial charge in [-0.1, -0.05) is 32.0 Å². The van der Waals surface area contributed by atoms with Crippen LogP contribution >= 0.6 is 0 Å². The Kier molecular flexibility index (Phi) is 4.79. The fraction of sp³-hybridized carbons (Fsp3) is 0.500.